The fraction of sp³-hybridized carbons (Fsp3) is 0.556. The van der Waals surface area contributed by atoms with E-state index in [0.717, 1.165) is 42.3 Å². The molecule has 1 saturated heterocycles. The average Bonchev–Trinajstić information content (AvgIpc) is 2.87. The molecule has 2 aliphatic rings. The fourth-order valence-electron chi connectivity index (χ4n) is 2.93. The Hall–Kier alpha value is -2.24. The van der Waals surface area contributed by atoms with Crippen molar-refractivity contribution < 1.29 is 9.53 Å². The van der Waals surface area contributed by atoms with E-state index < -0.39 is 5.60 Å². The van der Waals surface area contributed by atoms with Crippen molar-refractivity contribution in [1.82, 2.24) is 15.1 Å². The minimum Gasteiger partial charge on any atom is -0.444 e. The van der Waals surface area contributed by atoms with Gasteiger partial charge in [0.15, 0.2) is 5.82 Å². The Bertz CT molecular complexity index is 734. The highest BCUT2D eigenvalue weighted by molar-refractivity contribution is 5.68. The number of aromatic nitrogens is 2. The number of allylic oxidation sites excluding steroid dienone is 2. The highest BCUT2D eigenvalue weighted by Crippen LogP contribution is 2.13. The second kappa shape index (κ2) is 6.71. The lowest BCUT2D eigenvalue weighted by molar-refractivity contribution is 0.0240. The molecule has 1 fully saturated rings. The molecule has 24 heavy (non-hydrogen) atoms. The summed E-state index contributed by atoms with van der Waals surface area (Å²) in [5.41, 5.74) is -0.455. The summed E-state index contributed by atoms with van der Waals surface area (Å²) in [6.07, 6.45) is 10.4. The lowest BCUT2D eigenvalue weighted by atomic mass is 10.2. The number of carbonyl (C=O) groups excluding carboxylic acids is 1. The van der Waals surface area contributed by atoms with Crippen molar-refractivity contribution in [2.24, 2.45) is 0 Å². The molecule has 1 aliphatic heterocycles. The van der Waals surface area contributed by atoms with Gasteiger partial charge in [0.2, 0.25) is 0 Å². The lowest BCUT2D eigenvalue weighted by Gasteiger charge is -2.35. The first-order chi connectivity index (χ1) is 11.4. The number of carbonyl (C=O) groups is 1. The molecule has 2 heterocycles. The van der Waals surface area contributed by atoms with Crippen molar-refractivity contribution in [1.29, 1.82) is 0 Å². The molecule has 0 spiro atoms. The van der Waals surface area contributed by atoms with E-state index in [9.17, 15) is 4.79 Å². The number of aromatic amines is 1. The first kappa shape index (κ1) is 16.6. The van der Waals surface area contributed by atoms with Crippen molar-refractivity contribution in [2.45, 2.75) is 39.2 Å². The zero-order valence-electron chi connectivity index (χ0n) is 14.7. The number of H-pyrrole nitrogens is 1. The third kappa shape index (κ3) is 3.80. The molecule has 130 valence electrons. The number of nitrogens with zero attached hydrogens (tertiary/aromatic N) is 3. The van der Waals surface area contributed by atoms with Crippen molar-refractivity contribution in [3.05, 3.63) is 22.7 Å². The quantitative estimate of drug-likeness (QED) is 0.845. The molecule has 1 aromatic rings. The number of hydrogen-bond donors (Lipinski definition) is 1. The van der Waals surface area contributed by atoms with Crippen molar-refractivity contribution >= 4 is 24.1 Å². The van der Waals surface area contributed by atoms with Gasteiger partial charge in [0.1, 0.15) is 5.60 Å². The highest BCUT2D eigenvalue weighted by atomic mass is 16.6. The van der Waals surface area contributed by atoms with E-state index in [-0.39, 0.29) is 6.09 Å². The summed E-state index contributed by atoms with van der Waals surface area (Å²) < 4.78 is 5.45. The molecule has 1 amide bonds. The molecule has 1 aliphatic carbocycles. The van der Waals surface area contributed by atoms with E-state index in [1.807, 2.05) is 20.8 Å². The summed E-state index contributed by atoms with van der Waals surface area (Å²) in [6.45, 7) is 8.49. The molecule has 1 N–H and O–H groups in total. The normalized spacial score (nSPS) is 18.1. The molecule has 6 heteroatoms. The van der Waals surface area contributed by atoms with Crippen LogP contribution in [0.5, 0.6) is 0 Å². The van der Waals surface area contributed by atoms with Gasteiger partial charge in [-0.15, -0.1) is 0 Å². The van der Waals surface area contributed by atoms with E-state index >= 15 is 0 Å². The molecule has 0 aromatic carbocycles. The van der Waals surface area contributed by atoms with Crippen LogP contribution < -0.4 is 15.5 Å². The van der Waals surface area contributed by atoms with Crippen molar-refractivity contribution in [3.63, 3.8) is 0 Å². The monoisotopic (exact) mass is 330 g/mol. The molecule has 1 aromatic heterocycles. The van der Waals surface area contributed by atoms with Crippen LogP contribution >= 0.6 is 0 Å². The van der Waals surface area contributed by atoms with Crippen LogP contribution in [0.2, 0.25) is 0 Å². The van der Waals surface area contributed by atoms with Crippen LogP contribution in [-0.4, -0.2) is 53.0 Å². The van der Waals surface area contributed by atoms with Gasteiger partial charge in [-0.2, -0.15) is 5.10 Å². The van der Waals surface area contributed by atoms with Gasteiger partial charge in [0, 0.05) is 31.4 Å². The maximum absolute atomic E-state index is 12.2. The number of hydrogen-bond acceptors (Lipinski definition) is 4. The van der Waals surface area contributed by atoms with Gasteiger partial charge in [0.25, 0.3) is 0 Å². The first-order valence-electron chi connectivity index (χ1n) is 8.58. The van der Waals surface area contributed by atoms with Gasteiger partial charge in [-0.1, -0.05) is 18.2 Å². The molecule has 0 bridgehead atoms. The molecule has 0 radical (unpaired) electrons. The van der Waals surface area contributed by atoms with Crippen LogP contribution in [0, 0.1) is 0 Å². The fourth-order valence-corrected chi connectivity index (χ4v) is 2.93. The van der Waals surface area contributed by atoms with Crippen molar-refractivity contribution in [2.75, 3.05) is 31.1 Å². The molecular formula is C18H26N4O2. The Labute approximate surface area is 142 Å². The number of anilines is 1. The zero-order valence-corrected chi connectivity index (χ0v) is 14.7. The maximum atomic E-state index is 12.2. The summed E-state index contributed by atoms with van der Waals surface area (Å²) in [6, 6.07) is 0. The second-order valence-electron chi connectivity index (χ2n) is 7.21. The van der Waals surface area contributed by atoms with E-state index in [2.05, 4.69) is 39.4 Å². The Balaban J connectivity index is 1.70. The van der Waals surface area contributed by atoms with Crippen LogP contribution in [0.4, 0.5) is 10.6 Å². The standard InChI is InChI=1S/C18H26N4O2/c1-18(2,3)24-17(23)22-12-10-21(11-13-22)16-14-8-6-4-5-7-9-15(14)19-20-16/h4,6,8-9,19H,5,7,10-13H2,1-3H3. The second-order valence-corrected chi connectivity index (χ2v) is 7.21. The molecule has 0 unspecified atom stereocenters. The Morgan fingerprint density at radius 1 is 1.21 bits per heavy atom. The first-order valence-corrected chi connectivity index (χ1v) is 8.58. The predicted octanol–water partition coefficient (Wildman–Crippen LogP) is 1.38. The van der Waals surface area contributed by atoms with Crippen LogP contribution in [0.1, 0.15) is 33.6 Å². The summed E-state index contributed by atoms with van der Waals surface area (Å²) in [4.78, 5) is 16.2. The third-order valence-corrected chi connectivity index (χ3v) is 4.12. The molecule has 6 nitrogen and oxygen atoms in total. The summed E-state index contributed by atoms with van der Waals surface area (Å²) >= 11 is 0. The number of ether oxygens (including phenoxy) is 1. The van der Waals surface area contributed by atoms with Gasteiger partial charge >= 0.3 is 6.09 Å². The minimum absolute atomic E-state index is 0.234. The highest BCUT2D eigenvalue weighted by Gasteiger charge is 2.26. The minimum atomic E-state index is -0.455. The van der Waals surface area contributed by atoms with E-state index in [0.29, 0.717) is 13.1 Å². The summed E-state index contributed by atoms with van der Waals surface area (Å²) in [7, 11) is 0. The van der Waals surface area contributed by atoms with Gasteiger partial charge in [-0.05, 0) is 39.7 Å². The smallest absolute Gasteiger partial charge is 0.410 e. The number of amides is 1. The van der Waals surface area contributed by atoms with Gasteiger partial charge in [0.05, 0.1) is 5.35 Å². The zero-order chi connectivity index (χ0) is 17.2. The lowest BCUT2D eigenvalue weighted by Crippen LogP contribution is -2.51. The number of fused-ring (bicyclic) bond motifs is 1. The van der Waals surface area contributed by atoms with Crippen molar-refractivity contribution in [3.8, 4) is 0 Å². The molecular weight excluding hydrogens is 304 g/mol. The molecule has 0 atom stereocenters. The number of rotatable bonds is 1. The maximum Gasteiger partial charge on any atom is 0.410 e. The summed E-state index contributed by atoms with van der Waals surface area (Å²) in [5, 5.41) is 9.87. The van der Waals surface area contributed by atoms with E-state index in [1.165, 1.54) is 0 Å². The SMILES string of the molecule is CC(C)(C)OC(=O)N1CCN(c2n[nH]c3c2=CC=CCCC=3)CC1. The van der Waals surface area contributed by atoms with E-state index in [4.69, 9.17) is 4.74 Å². The van der Waals surface area contributed by atoms with Gasteiger partial charge in [-0.3, -0.25) is 5.10 Å². The van der Waals surface area contributed by atoms with Crippen LogP contribution in [0.25, 0.3) is 12.2 Å². The topological polar surface area (TPSA) is 61.5 Å². The Kier molecular flexibility index (Phi) is 4.64. The van der Waals surface area contributed by atoms with Gasteiger partial charge in [-0.25, -0.2) is 4.79 Å². The molecule has 3 rings (SSSR count). The van der Waals surface area contributed by atoms with E-state index in [1.54, 1.807) is 4.90 Å². The number of nitrogens with one attached hydrogen (secondary N) is 1. The van der Waals surface area contributed by atoms with Gasteiger partial charge < -0.3 is 14.5 Å². The van der Waals surface area contributed by atoms with Crippen LogP contribution in [0.15, 0.2) is 12.2 Å². The average molecular weight is 330 g/mol. The van der Waals surface area contributed by atoms with Crippen LogP contribution in [0.3, 0.4) is 0 Å². The summed E-state index contributed by atoms with van der Waals surface area (Å²) in [5.74, 6) is 0.969. The third-order valence-electron chi connectivity index (χ3n) is 4.12. The Morgan fingerprint density at radius 3 is 2.67 bits per heavy atom. The van der Waals surface area contributed by atoms with Crippen LogP contribution in [-0.2, 0) is 4.74 Å². The Morgan fingerprint density at radius 2 is 1.96 bits per heavy atom. The predicted molar refractivity (Wildman–Crippen MR) is 95.2 cm³/mol. The molecule has 0 saturated carbocycles. The number of piperazine rings is 1. The largest absolute Gasteiger partial charge is 0.444 e.